The first-order valence-electron chi connectivity index (χ1n) is 4.00. The minimum absolute atomic E-state index is 0.260. The number of halogens is 3. The second-order valence-corrected chi connectivity index (χ2v) is 4.65. The zero-order chi connectivity index (χ0) is 10.3. The molecule has 1 aromatic heterocycles. The molecule has 14 heavy (non-hydrogen) atoms. The second-order valence-electron chi connectivity index (χ2n) is 3.01. The highest BCUT2D eigenvalue weighted by molar-refractivity contribution is 9.11. The van der Waals surface area contributed by atoms with Crippen LogP contribution in [0.1, 0.15) is 5.56 Å². The summed E-state index contributed by atoms with van der Waals surface area (Å²) in [6.45, 7) is 1.84. The Bertz CT molecular complexity index is 511. The molecule has 0 aliphatic rings. The molecule has 0 aliphatic heterocycles. The molecule has 0 spiro atoms. The van der Waals surface area contributed by atoms with Crippen molar-refractivity contribution < 1.29 is 4.39 Å². The van der Waals surface area contributed by atoms with E-state index in [1.165, 1.54) is 6.07 Å². The summed E-state index contributed by atoms with van der Waals surface area (Å²) in [6, 6.07) is 3.28. The number of aryl methyl sites for hydroxylation is 1. The van der Waals surface area contributed by atoms with Crippen molar-refractivity contribution in [2.24, 2.45) is 0 Å². The third-order valence-corrected chi connectivity index (χ3v) is 3.48. The van der Waals surface area contributed by atoms with Crippen LogP contribution in [0.15, 0.2) is 27.3 Å². The second kappa shape index (κ2) is 3.59. The summed E-state index contributed by atoms with van der Waals surface area (Å²) in [7, 11) is 0. The van der Waals surface area contributed by atoms with Crippen LogP contribution in [0, 0.1) is 12.7 Å². The summed E-state index contributed by atoms with van der Waals surface area (Å²) in [6.07, 6.45) is 1.70. The maximum absolute atomic E-state index is 13.4. The number of hydrogen-bond acceptors (Lipinski definition) is 1. The van der Waals surface area contributed by atoms with Gasteiger partial charge in [0.1, 0.15) is 5.82 Å². The van der Waals surface area contributed by atoms with E-state index in [0.717, 1.165) is 20.9 Å². The number of pyridine rings is 1. The standard InChI is InChI=1S/C10H6Br2FN/c1-5-4-7(13)9(12)8-6(11)2-3-14-10(5)8/h2-4H,1H3. The Morgan fingerprint density at radius 3 is 2.79 bits per heavy atom. The topological polar surface area (TPSA) is 12.9 Å². The number of nitrogens with zero attached hydrogens (tertiary/aromatic N) is 1. The molecule has 2 rings (SSSR count). The number of rotatable bonds is 0. The Morgan fingerprint density at radius 1 is 1.36 bits per heavy atom. The van der Waals surface area contributed by atoms with Crippen LogP contribution in [0.5, 0.6) is 0 Å². The number of hydrogen-bond donors (Lipinski definition) is 0. The van der Waals surface area contributed by atoms with Crippen LogP contribution >= 0.6 is 31.9 Å². The summed E-state index contributed by atoms with van der Waals surface area (Å²) in [5.74, 6) is -0.260. The molecule has 0 atom stereocenters. The van der Waals surface area contributed by atoms with Crippen LogP contribution in [-0.4, -0.2) is 4.98 Å². The van der Waals surface area contributed by atoms with E-state index >= 15 is 0 Å². The van der Waals surface area contributed by atoms with Crippen molar-refractivity contribution in [1.29, 1.82) is 0 Å². The number of fused-ring (bicyclic) bond motifs is 1. The van der Waals surface area contributed by atoms with Crippen molar-refractivity contribution in [2.45, 2.75) is 6.92 Å². The molecular weight excluding hydrogens is 313 g/mol. The molecule has 0 aliphatic carbocycles. The first-order valence-corrected chi connectivity index (χ1v) is 5.58. The van der Waals surface area contributed by atoms with Crippen LogP contribution in [0.4, 0.5) is 4.39 Å². The fourth-order valence-electron chi connectivity index (χ4n) is 1.39. The maximum atomic E-state index is 13.4. The molecule has 0 unspecified atom stereocenters. The molecule has 0 saturated carbocycles. The zero-order valence-electron chi connectivity index (χ0n) is 7.31. The van der Waals surface area contributed by atoms with Gasteiger partial charge in [0, 0.05) is 16.1 Å². The van der Waals surface area contributed by atoms with Gasteiger partial charge in [0.2, 0.25) is 0 Å². The molecule has 0 bridgehead atoms. The van der Waals surface area contributed by atoms with Gasteiger partial charge < -0.3 is 0 Å². The molecule has 2 aromatic rings. The van der Waals surface area contributed by atoms with Gasteiger partial charge in [-0.25, -0.2) is 4.39 Å². The van der Waals surface area contributed by atoms with Crippen molar-refractivity contribution in [1.82, 2.24) is 4.98 Å². The summed E-state index contributed by atoms with van der Waals surface area (Å²) < 4.78 is 14.7. The smallest absolute Gasteiger partial charge is 0.138 e. The molecule has 4 heteroatoms. The van der Waals surface area contributed by atoms with Crippen molar-refractivity contribution in [3.05, 3.63) is 38.7 Å². The lowest BCUT2D eigenvalue weighted by Crippen LogP contribution is -1.89. The lowest BCUT2D eigenvalue weighted by atomic mass is 10.1. The van der Waals surface area contributed by atoms with E-state index in [4.69, 9.17) is 0 Å². The maximum Gasteiger partial charge on any atom is 0.138 e. The summed E-state index contributed by atoms with van der Waals surface area (Å²) in [5.41, 5.74) is 1.65. The van der Waals surface area contributed by atoms with Gasteiger partial charge in [-0.2, -0.15) is 0 Å². The van der Waals surface area contributed by atoms with Gasteiger partial charge >= 0.3 is 0 Å². The molecule has 0 N–H and O–H groups in total. The van der Waals surface area contributed by atoms with Crippen LogP contribution < -0.4 is 0 Å². The average molecular weight is 319 g/mol. The van der Waals surface area contributed by atoms with Crippen LogP contribution in [-0.2, 0) is 0 Å². The minimum atomic E-state index is -0.260. The third-order valence-electron chi connectivity index (χ3n) is 2.05. The van der Waals surface area contributed by atoms with Gasteiger partial charge in [-0.15, -0.1) is 0 Å². The van der Waals surface area contributed by atoms with Crippen molar-refractivity contribution in [2.75, 3.05) is 0 Å². The van der Waals surface area contributed by atoms with Gasteiger partial charge in [0.05, 0.1) is 9.99 Å². The zero-order valence-corrected chi connectivity index (χ0v) is 10.5. The van der Waals surface area contributed by atoms with Crippen LogP contribution in [0.25, 0.3) is 10.9 Å². The minimum Gasteiger partial charge on any atom is -0.256 e. The third kappa shape index (κ3) is 1.46. The summed E-state index contributed by atoms with van der Waals surface area (Å²) >= 11 is 6.60. The van der Waals surface area contributed by atoms with Crippen LogP contribution in [0.2, 0.25) is 0 Å². The highest BCUT2D eigenvalue weighted by atomic mass is 79.9. The Morgan fingerprint density at radius 2 is 2.07 bits per heavy atom. The molecule has 0 saturated heterocycles. The Balaban J connectivity index is 3.03. The fourth-order valence-corrected chi connectivity index (χ4v) is 2.67. The normalized spacial score (nSPS) is 10.9. The molecule has 1 nitrogen and oxygen atoms in total. The van der Waals surface area contributed by atoms with E-state index in [9.17, 15) is 4.39 Å². The van der Waals surface area contributed by atoms with E-state index in [0.29, 0.717) is 4.47 Å². The van der Waals surface area contributed by atoms with E-state index < -0.39 is 0 Å². The average Bonchev–Trinajstić information content (AvgIpc) is 2.14. The van der Waals surface area contributed by atoms with E-state index in [2.05, 4.69) is 36.8 Å². The largest absolute Gasteiger partial charge is 0.256 e. The van der Waals surface area contributed by atoms with Gasteiger partial charge in [-0.3, -0.25) is 4.98 Å². The van der Waals surface area contributed by atoms with Gasteiger partial charge in [0.15, 0.2) is 0 Å². The predicted molar refractivity (Wildman–Crippen MR) is 61.8 cm³/mol. The summed E-state index contributed by atoms with van der Waals surface area (Å²) in [4.78, 5) is 4.22. The Labute approximate surface area is 97.6 Å². The van der Waals surface area contributed by atoms with Gasteiger partial charge in [-0.1, -0.05) is 0 Å². The highest BCUT2D eigenvalue weighted by Crippen LogP contribution is 2.33. The highest BCUT2D eigenvalue weighted by Gasteiger charge is 2.11. The molecule has 72 valence electrons. The Kier molecular flexibility index (Phi) is 2.58. The SMILES string of the molecule is Cc1cc(F)c(Br)c2c(Br)ccnc12. The molecular formula is C10H6Br2FN. The van der Waals surface area contributed by atoms with Crippen molar-refractivity contribution in [3.8, 4) is 0 Å². The first kappa shape index (κ1) is 10.1. The summed E-state index contributed by atoms with van der Waals surface area (Å²) in [5, 5.41) is 0.782. The van der Waals surface area contributed by atoms with Gasteiger partial charge in [0.25, 0.3) is 0 Å². The number of benzene rings is 1. The monoisotopic (exact) mass is 317 g/mol. The van der Waals surface area contributed by atoms with E-state index in [1.54, 1.807) is 12.3 Å². The molecule has 0 fully saturated rings. The molecule has 0 amide bonds. The lowest BCUT2D eigenvalue weighted by molar-refractivity contribution is 0.622. The molecule has 1 aromatic carbocycles. The van der Waals surface area contributed by atoms with E-state index in [1.807, 2.05) is 6.92 Å². The Hall–Kier alpha value is -0.480. The van der Waals surface area contributed by atoms with Crippen LogP contribution in [0.3, 0.4) is 0 Å². The van der Waals surface area contributed by atoms with Crippen molar-refractivity contribution in [3.63, 3.8) is 0 Å². The lowest BCUT2D eigenvalue weighted by Gasteiger charge is -2.06. The molecule has 0 radical (unpaired) electrons. The quantitative estimate of drug-likeness (QED) is 0.709. The fraction of sp³-hybridized carbons (Fsp3) is 0.100. The van der Waals surface area contributed by atoms with Gasteiger partial charge in [-0.05, 0) is 56.5 Å². The van der Waals surface area contributed by atoms with E-state index in [-0.39, 0.29) is 5.82 Å². The van der Waals surface area contributed by atoms with Crippen molar-refractivity contribution >= 4 is 42.8 Å². The predicted octanol–water partition coefficient (Wildman–Crippen LogP) is 4.21. The molecule has 1 heterocycles. The number of aromatic nitrogens is 1. The first-order chi connectivity index (χ1) is 6.61.